The summed E-state index contributed by atoms with van der Waals surface area (Å²) in [6.07, 6.45) is 0. The van der Waals surface area contributed by atoms with Crippen molar-refractivity contribution in [1.29, 1.82) is 0 Å². The Balaban J connectivity index is 1.85. The predicted molar refractivity (Wildman–Crippen MR) is 90.3 cm³/mol. The fraction of sp³-hybridized carbons (Fsp3) is 0.188. The van der Waals surface area contributed by atoms with Gasteiger partial charge in [-0.1, -0.05) is 44.0 Å². The van der Waals surface area contributed by atoms with Crippen LogP contribution in [0.15, 0.2) is 57.5 Å². The average Bonchev–Trinajstić information content (AvgIpc) is 2.46. The topological polar surface area (TPSA) is 38.3 Å². The molecule has 2 rings (SSSR count). The van der Waals surface area contributed by atoms with Gasteiger partial charge in [0.2, 0.25) is 0 Å². The largest absolute Gasteiger partial charge is 0.484 e. The van der Waals surface area contributed by atoms with E-state index in [1.165, 1.54) is 0 Å². The van der Waals surface area contributed by atoms with Gasteiger partial charge in [-0.25, -0.2) is 0 Å². The lowest BCUT2D eigenvalue weighted by Crippen LogP contribution is -2.31. The molecule has 0 aromatic heterocycles. The van der Waals surface area contributed by atoms with Crippen molar-refractivity contribution in [2.75, 3.05) is 6.61 Å². The summed E-state index contributed by atoms with van der Waals surface area (Å²) >= 11 is 6.77. The van der Waals surface area contributed by atoms with E-state index in [1.807, 2.05) is 55.5 Å². The summed E-state index contributed by atoms with van der Waals surface area (Å²) in [5, 5.41) is 2.91. The smallest absolute Gasteiger partial charge is 0.258 e. The fourth-order valence-electron chi connectivity index (χ4n) is 1.82. The molecule has 1 unspecified atom stereocenters. The zero-order valence-corrected chi connectivity index (χ0v) is 14.6. The lowest BCUT2D eigenvalue weighted by molar-refractivity contribution is -0.123. The predicted octanol–water partition coefficient (Wildman–Crippen LogP) is 4.47. The summed E-state index contributed by atoms with van der Waals surface area (Å²) in [6.45, 7) is 1.94. The van der Waals surface area contributed by atoms with Gasteiger partial charge in [0.05, 0.1) is 6.04 Å². The van der Waals surface area contributed by atoms with Gasteiger partial charge < -0.3 is 10.1 Å². The van der Waals surface area contributed by atoms with Crippen LogP contribution < -0.4 is 10.1 Å². The Morgan fingerprint density at radius 3 is 2.52 bits per heavy atom. The molecular formula is C16H15Br2NO2. The average molecular weight is 413 g/mol. The highest BCUT2D eigenvalue weighted by Crippen LogP contribution is 2.18. The first-order valence-corrected chi connectivity index (χ1v) is 8.06. The molecule has 110 valence electrons. The van der Waals surface area contributed by atoms with E-state index in [4.69, 9.17) is 4.74 Å². The Bertz CT molecular complexity index is 614. The molecular weight excluding hydrogens is 398 g/mol. The van der Waals surface area contributed by atoms with E-state index < -0.39 is 0 Å². The van der Waals surface area contributed by atoms with Crippen molar-refractivity contribution in [1.82, 2.24) is 5.32 Å². The summed E-state index contributed by atoms with van der Waals surface area (Å²) < 4.78 is 7.41. The third-order valence-electron chi connectivity index (χ3n) is 2.91. The third-order valence-corrected chi connectivity index (χ3v) is 3.93. The van der Waals surface area contributed by atoms with Crippen LogP contribution in [0, 0.1) is 0 Å². The molecule has 2 aromatic rings. The Hall–Kier alpha value is -1.33. The maximum absolute atomic E-state index is 11.9. The molecule has 0 aliphatic rings. The van der Waals surface area contributed by atoms with Crippen molar-refractivity contribution in [3.05, 3.63) is 63.0 Å². The van der Waals surface area contributed by atoms with Crippen LogP contribution in [-0.4, -0.2) is 12.5 Å². The summed E-state index contributed by atoms with van der Waals surface area (Å²) in [5.74, 6) is 0.522. The number of nitrogens with one attached hydrogen (secondary N) is 1. The van der Waals surface area contributed by atoms with Crippen LogP contribution in [-0.2, 0) is 4.79 Å². The number of carbonyl (C=O) groups is 1. The van der Waals surface area contributed by atoms with Crippen LogP contribution in [0.2, 0.25) is 0 Å². The molecule has 0 aliphatic carbocycles. The molecule has 0 aliphatic heterocycles. The van der Waals surface area contributed by atoms with E-state index in [9.17, 15) is 4.79 Å². The van der Waals surface area contributed by atoms with Crippen LogP contribution >= 0.6 is 31.9 Å². The Kier molecular flexibility index (Phi) is 5.82. The second-order valence-electron chi connectivity index (χ2n) is 4.59. The number of hydrogen-bond acceptors (Lipinski definition) is 2. The van der Waals surface area contributed by atoms with Gasteiger partial charge in [0, 0.05) is 8.95 Å². The summed E-state index contributed by atoms with van der Waals surface area (Å²) in [4.78, 5) is 11.9. The lowest BCUT2D eigenvalue weighted by atomic mass is 10.1. The van der Waals surface area contributed by atoms with Crippen molar-refractivity contribution in [2.24, 2.45) is 0 Å². The SMILES string of the molecule is CC(NC(=O)COc1ccc(Br)cc1)c1cccc(Br)c1. The van der Waals surface area contributed by atoms with Crippen molar-refractivity contribution in [3.63, 3.8) is 0 Å². The molecule has 2 aromatic carbocycles. The molecule has 0 saturated carbocycles. The Labute approximate surface area is 141 Å². The second-order valence-corrected chi connectivity index (χ2v) is 6.42. The lowest BCUT2D eigenvalue weighted by Gasteiger charge is -2.15. The zero-order valence-electron chi connectivity index (χ0n) is 11.5. The highest BCUT2D eigenvalue weighted by Gasteiger charge is 2.10. The van der Waals surface area contributed by atoms with Gasteiger partial charge in [-0.3, -0.25) is 4.79 Å². The van der Waals surface area contributed by atoms with Gasteiger partial charge in [-0.15, -0.1) is 0 Å². The van der Waals surface area contributed by atoms with Gasteiger partial charge >= 0.3 is 0 Å². The minimum atomic E-state index is -0.148. The number of halogens is 2. The molecule has 0 bridgehead atoms. The molecule has 0 fully saturated rings. The molecule has 0 spiro atoms. The number of amides is 1. The van der Waals surface area contributed by atoms with E-state index in [1.54, 1.807) is 0 Å². The molecule has 5 heteroatoms. The number of benzene rings is 2. The van der Waals surface area contributed by atoms with Crippen LogP contribution in [0.25, 0.3) is 0 Å². The van der Waals surface area contributed by atoms with Crippen LogP contribution in [0.1, 0.15) is 18.5 Å². The van der Waals surface area contributed by atoms with E-state index >= 15 is 0 Å². The van der Waals surface area contributed by atoms with Crippen LogP contribution in [0.4, 0.5) is 0 Å². The maximum atomic E-state index is 11.9. The molecule has 3 nitrogen and oxygen atoms in total. The fourth-order valence-corrected chi connectivity index (χ4v) is 2.50. The zero-order chi connectivity index (χ0) is 15.2. The Morgan fingerprint density at radius 2 is 1.86 bits per heavy atom. The van der Waals surface area contributed by atoms with Crippen molar-refractivity contribution >= 4 is 37.8 Å². The second kappa shape index (κ2) is 7.61. The third kappa shape index (κ3) is 5.17. The highest BCUT2D eigenvalue weighted by atomic mass is 79.9. The molecule has 21 heavy (non-hydrogen) atoms. The van der Waals surface area contributed by atoms with Crippen molar-refractivity contribution < 1.29 is 9.53 Å². The standard InChI is InChI=1S/C16H15Br2NO2/c1-11(12-3-2-4-14(18)9-12)19-16(20)10-21-15-7-5-13(17)6-8-15/h2-9,11H,10H2,1H3,(H,19,20). The molecule has 1 N–H and O–H groups in total. The summed E-state index contributed by atoms with van der Waals surface area (Å²) in [6, 6.07) is 15.2. The molecule has 1 amide bonds. The van der Waals surface area contributed by atoms with Gasteiger partial charge in [0.15, 0.2) is 6.61 Å². The quantitative estimate of drug-likeness (QED) is 0.786. The van der Waals surface area contributed by atoms with Crippen molar-refractivity contribution in [3.8, 4) is 5.75 Å². The van der Waals surface area contributed by atoms with E-state index in [0.717, 1.165) is 14.5 Å². The van der Waals surface area contributed by atoms with Crippen molar-refractivity contribution in [2.45, 2.75) is 13.0 Å². The first kappa shape index (κ1) is 16.0. The first-order chi connectivity index (χ1) is 10.0. The van der Waals surface area contributed by atoms with E-state index in [2.05, 4.69) is 37.2 Å². The van der Waals surface area contributed by atoms with E-state index in [0.29, 0.717) is 5.75 Å². The van der Waals surface area contributed by atoms with E-state index in [-0.39, 0.29) is 18.6 Å². The van der Waals surface area contributed by atoms with Gasteiger partial charge in [0.1, 0.15) is 5.75 Å². The number of ether oxygens (including phenoxy) is 1. The minimum absolute atomic E-state index is 0.0000242. The van der Waals surface area contributed by atoms with Gasteiger partial charge in [0.25, 0.3) is 5.91 Å². The number of rotatable bonds is 5. The number of carbonyl (C=O) groups excluding carboxylic acids is 1. The van der Waals surface area contributed by atoms with Crippen LogP contribution in [0.3, 0.4) is 0 Å². The molecule has 0 saturated heterocycles. The monoisotopic (exact) mass is 411 g/mol. The summed E-state index contributed by atoms with van der Waals surface area (Å²) in [7, 11) is 0. The minimum Gasteiger partial charge on any atom is -0.484 e. The van der Waals surface area contributed by atoms with Crippen LogP contribution in [0.5, 0.6) is 5.75 Å². The first-order valence-electron chi connectivity index (χ1n) is 6.48. The highest BCUT2D eigenvalue weighted by molar-refractivity contribution is 9.10. The molecule has 0 radical (unpaired) electrons. The molecule has 0 heterocycles. The molecule has 1 atom stereocenters. The van der Waals surface area contributed by atoms with Gasteiger partial charge in [-0.2, -0.15) is 0 Å². The Morgan fingerprint density at radius 1 is 1.14 bits per heavy atom. The maximum Gasteiger partial charge on any atom is 0.258 e. The number of hydrogen-bond donors (Lipinski definition) is 1. The summed E-state index contributed by atoms with van der Waals surface area (Å²) in [5.41, 5.74) is 1.04. The normalized spacial score (nSPS) is 11.8. The van der Waals surface area contributed by atoms with Gasteiger partial charge in [-0.05, 0) is 48.9 Å².